The molecule has 0 rings (SSSR count). The molecule has 0 aromatic rings. The van der Waals surface area contributed by atoms with E-state index in [4.69, 9.17) is 4.74 Å². The zero-order valence-electron chi connectivity index (χ0n) is 15.3. The maximum atomic E-state index is 5.84. The Bertz CT molecular complexity index is 179. The number of ether oxygens (including phenoxy) is 1. The highest BCUT2D eigenvalue weighted by Crippen LogP contribution is 2.15. The summed E-state index contributed by atoms with van der Waals surface area (Å²) in [6.07, 6.45) is 21.4. The van der Waals surface area contributed by atoms with Crippen LogP contribution >= 0.6 is 0 Å². The third-order valence-corrected chi connectivity index (χ3v) is 4.41. The first-order valence-electron chi connectivity index (χ1n) is 9.96. The van der Waals surface area contributed by atoms with E-state index in [0.29, 0.717) is 6.10 Å². The molecule has 0 aliphatic carbocycles. The molecule has 1 heteroatoms. The summed E-state index contributed by atoms with van der Waals surface area (Å²) in [5.41, 5.74) is 0. The molecule has 0 aromatic carbocycles. The SMILES string of the molecule is CCCCCCCCCCCCCC(CCCC)OCC. The molecule has 0 spiro atoms. The van der Waals surface area contributed by atoms with Gasteiger partial charge >= 0.3 is 0 Å². The fourth-order valence-electron chi connectivity index (χ4n) is 3.01. The second-order valence-corrected chi connectivity index (χ2v) is 6.54. The summed E-state index contributed by atoms with van der Waals surface area (Å²) in [6, 6.07) is 0. The third-order valence-electron chi connectivity index (χ3n) is 4.41. The lowest BCUT2D eigenvalue weighted by Crippen LogP contribution is -2.12. The van der Waals surface area contributed by atoms with Crippen molar-refractivity contribution in [2.45, 2.75) is 123 Å². The molecule has 0 heterocycles. The van der Waals surface area contributed by atoms with Crippen LogP contribution in [0, 0.1) is 0 Å². The van der Waals surface area contributed by atoms with Crippen LogP contribution < -0.4 is 0 Å². The molecule has 0 amide bonds. The lowest BCUT2D eigenvalue weighted by Gasteiger charge is -2.16. The van der Waals surface area contributed by atoms with Gasteiger partial charge in [-0.3, -0.25) is 0 Å². The highest BCUT2D eigenvalue weighted by atomic mass is 16.5. The molecule has 1 nitrogen and oxygen atoms in total. The molecule has 1 atom stereocenters. The summed E-state index contributed by atoms with van der Waals surface area (Å²) < 4.78 is 5.84. The molecule has 0 bridgehead atoms. The number of hydrogen-bond acceptors (Lipinski definition) is 1. The van der Waals surface area contributed by atoms with E-state index < -0.39 is 0 Å². The minimum atomic E-state index is 0.536. The average molecular weight is 299 g/mol. The molecule has 0 N–H and O–H groups in total. The van der Waals surface area contributed by atoms with E-state index in [9.17, 15) is 0 Å². The van der Waals surface area contributed by atoms with Crippen molar-refractivity contribution in [2.75, 3.05) is 6.61 Å². The molecule has 0 aliphatic heterocycles. The summed E-state index contributed by atoms with van der Waals surface area (Å²) >= 11 is 0. The van der Waals surface area contributed by atoms with Crippen LogP contribution in [-0.4, -0.2) is 12.7 Å². The zero-order chi connectivity index (χ0) is 15.6. The monoisotopic (exact) mass is 298 g/mol. The fourth-order valence-corrected chi connectivity index (χ4v) is 3.01. The normalized spacial score (nSPS) is 12.7. The number of hydrogen-bond donors (Lipinski definition) is 0. The molecule has 128 valence electrons. The highest BCUT2D eigenvalue weighted by Gasteiger charge is 2.07. The van der Waals surface area contributed by atoms with Crippen molar-refractivity contribution in [2.24, 2.45) is 0 Å². The van der Waals surface area contributed by atoms with Gasteiger partial charge in [0.05, 0.1) is 6.10 Å². The quantitative estimate of drug-likeness (QED) is 0.256. The minimum absolute atomic E-state index is 0.536. The zero-order valence-corrected chi connectivity index (χ0v) is 15.3. The Balaban J connectivity index is 3.25. The van der Waals surface area contributed by atoms with Crippen LogP contribution in [0.2, 0.25) is 0 Å². The van der Waals surface area contributed by atoms with E-state index in [-0.39, 0.29) is 0 Å². The second-order valence-electron chi connectivity index (χ2n) is 6.54. The van der Waals surface area contributed by atoms with Crippen molar-refractivity contribution in [1.82, 2.24) is 0 Å². The maximum Gasteiger partial charge on any atom is 0.0575 e. The van der Waals surface area contributed by atoms with Crippen LogP contribution in [0.4, 0.5) is 0 Å². The molecule has 0 aliphatic rings. The van der Waals surface area contributed by atoms with Crippen molar-refractivity contribution in [3.63, 3.8) is 0 Å². The van der Waals surface area contributed by atoms with Crippen LogP contribution in [0.5, 0.6) is 0 Å². The first-order chi connectivity index (χ1) is 10.3. The Labute approximate surface area is 135 Å². The van der Waals surface area contributed by atoms with Gasteiger partial charge in [-0.1, -0.05) is 97.3 Å². The lowest BCUT2D eigenvalue weighted by molar-refractivity contribution is 0.0473. The largest absolute Gasteiger partial charge is 0.379 e. The van der Waals surface area contributed by atoms with Gasteiger partial charge in [-0.05, 0) is 19.8 Å². The summed E-state index contributed by atoms with van der Waals surface area (Å²) in [7, 11) is 0. The molecular formula is C20H42O. The molecule has 0 saturated heterocycles. The van der Waals surface area contributed by atoms with Crippen LogP contribution in [-0.2, 0) is 4.74 Å². The predicted octanol–water partition coefficient (Wildman–Crippen LogP) is 7.28. The molecule has 1 unspecified atom stereocenters. The molecule has 0 radical (unpaired) electrons. The van der Waals surface area contributed by atoms with Crippen LogP contribution in [0.1, 0.15) is 117 Å². The molecule has 0 fully saturated rings. The van der Waals surface area contributed by atoms with Gasteiger partial charge in [-0.15, -0.1) is 0 Å². The predicted molar refractivity (Wildman–Crippen MR) is 96.0 cm³/mol. The maximum absolute atomic E-state index is 5.84. The Morgan fingerprint density at radius 1 is 0.524 bits per heavy atom. The smallest absolute Gasteiger partial charge is 0.0575 e. The topological polar surface area (TPSA) is 9.23 Å². The third kappa shape index (κ3) is 16.2. The summed E-state index contributed by atoms with van der Waals surface area (Å²) in [5.74, 6) is 0. The standard InChI is InChI=1S/C20H42O/c1-4-7-9-10-11-12-13-14-15-16-17-19-20(21-6-3)18-8-5-2/h20H,4-19H2,1-3H3. The second kappa shape index (κ2) is 18.0. The van der Waals surface area contributed by atoms with Gasteiger partial charge in [0, 0.05) is 6.61 Å². The number of rotatable bonds is 17. The van der Waals surface area contributed by atoms with Gasteiger partial charge in [0.2, 0.25) is 0 Å². The highest BCUT2D eigenvalue weighted by molar-refractivity contribution is 4.59. The van der Waals surface area contributed by atoms with Crippen molar-refractivity contribution < 1.29 is 4.74 Å². The summed E-state index contributed by atoms with van der Waals surface area (Å²) in [6.45, 7) is 7.56. The average Bonchev–Trinajstić information content (AvgIpc) is 2.50. The molecule has 0 aromatic heterocycles. The molecule has 0 saturated carbocycles. The van der Waals surface area contributed by atoms with Crippen molar-refractivity contribution in [3.05, 3.63) is 0 Å². The van der Waals surface area contributed by atoms with Gasteiger partial charge < -0.3 is 4.74 Å². The molecule has 21 heavy (non-hydrogen) atoms. The van der Waals surface area contributed by atoms with E-state index in [1.165, 1.54) is 96.3 Å². The Morgan fingerprint density at radius 2 is 0.952 bits per heavy atom. The van der Waals surface area contributed by atoms with E-state index in [0.717, 1.165) is 6.61 Å². The molecular weight excluding hydrogens is 256 g/mol. The van der Waals surface area contributed by atoms with Gasteiger partial charge in [0.25, 0.3) is 0 Å². The summed E-state index contributed by atoms with van der Waals surface area (Å²) in [4.78, 5) is 0. The minimum Gasteiger partial charge on any atom is -0.379 e. The van der Waals surface area contributed by atoms with Crippen molar-refractivity contribution in [3.8, 4) is 0 Å². The summed E-state index contributed by atoms with van der Waals surface area (Å²) in [5, 5.41) is 0. The number of unbranched alkanes of at least 4 members (excludes halogenated alkanes) is 11. The van der Waals surface area contributed by atoms with Crippen molar-refractivity contribution >= 4 is 0 Å². The lowest BCUT2D eigenvalue weighted by atomic mass is 10.0. The van der Waals surface area contributed by atoms with Gasteiger partial charge in [0.15, 0.2) is 0 Å². The van der Waals surface area contributed by atoms with E-state index in [2.05, 4.69) is 20.8 Å². The first kappa shape index (κ1) is 21.0. The Hall–Kier alpha value is -0.0400. The van der Waals surface area contributed by atoms with Gasteiger partial charge in [-0.25, -0.2) is 0 Å². The first-order valence-corrected chi connectivity index (χ1v) is 9.96. The van der Waals surface area contributed by atoms with Crippen LogP contribution in [0.15, 0.2) is 0 Å². The van der Waals surface area contributed by atoms with Gasteiger partial charge in [-0.2, -0.15) is 0 Å². The Kier molecular flexibility index (Phi) is 18.0. The van der Waals surface area contributed by atoms with Crippen LogP contribution in [0.3, 0.4) is 0 Å². The van der Waals surface area contributed by atoms with Crippen molar-refractivity contribution in [1.29, 1.82) is 0 Å². The van der Waals surface area contributed by atoms with E-state index in [1.807, 2.05) is 0 Å². The Morgan fingerprint density at radius 3 is 1.43 bits per heavy atom. The van der Waals surface area contributed by atoms with E-state index in [1.54, 1.807) is 0 Å². The van der Waals surface area contributed by atoms with E-state index >= 15 is 0 Å². The fraction of sp³-hybridized carbons (Fsp3) is 1.00. The van der Waals surface area contributed by atoms with Gasteiger partial charge in [0.1, 0.15) is 0 Å². The van der Waals surface area contributed by atoms with Crippen LogP contribution in [0.25, 0.3) is 0 Å².